The van der Waals surface area contributed by atoms with Crippen molar-refractivity contribution in [2.24, 2.45) is 0 Å². The molecule has 5 aromatic rings. The summed E-state index contributed by atoms with van der Waals surface area (Å²) in [5.41, 5.74) is 6.94. The van der Waals surface area contributed by atoms with Crippen molar-refractivity contribution in [3.05, 3.63) is 137 Å². The first kappa shape index (κ1) is 24.7. The van der Waals surface area contributed by atoms with Gasteiger partial charge in [0, 0.05) is 48.3 Å². The lowest BCUT2D eigenvalue weighted by molar-refractivity contribution is 0.0473. The smallest absolute Gasteiger partial charge is 0.339 e. The highest BCUT2D eigenvalue weighted by molar-refractivity contribution is 6.06. The van der Waals surface area contributed by atoms with Crippen molar-refractivity contribution in [2.45, 2.75) is 19.5 Å². The van der Waals surface area contributed by atoms with Crippen LogP contribution in [0.1, 0.15) is 37.5 Å². The topological polar surface area (TPSA) is 59.5 Å². The first-order valence-corrected chi connectivity index (χ1v) is 13.2. The zero-order valence-corrected chi connectivity index (χ0v) is 21.5. The fraction of sp³-hybridized carbons (Fsp3) is 0.147. The lowest BCUT2D eigenvalue weighted by atomic mass is 9.95. The Bertz CT molecular complexity index is 1630. The molecule has 0 fully saturated rings. The van der Waals surface area contributed by atoms with E-state index in [2.05, 4.69) is 17.0 Å². The molecule has 0 radical (unpaired) electrons. The number of pyridine rings is 1. The Morgan fingerprint density at radius 2 is 1.44 bits per heavy atom. The molecule has 1 aromatic heterocycles. The molecule has 0 aliphatic carbocycles. The van der Waals surface area contributed by atoms with Crippen molar-refractivity contribution in [1.29, 1.82) is 0 Å². The van der Waals surface area contributed by atoms with E-state index in [1.54, 1.807) is 12.1 Å². The quantitative estimate of drug-likeness (QED) is 0.184. The van der Waals surface area contributed by atoms with E-state index in [1.165, 1.54) is 5.56 Å². The molecule has 0 bridgehead atoms. The molecule has 1 aliphatic rings. The highest BCUT2D eigenvalue weighted by atomic mass is 16.5. The molecule has 0 N–H and O–H groups in total. The second kappa shape index (κ2) is 11.0. The van der Waals surface area contributed by atoms with Crippen LogP contribution in [0.15, 0.2) is 109 Å². The van der Waals surface area contributed by atoms with Crippen molar-refractivity contribution in [3.8, 4) is 11.1 Å². The molecule has 6 rings (SSSR count). The second-order valence-electron chi connectivity index (χ2n) is 9.82. The van der Waals surface area contributed by atoms with Crippen LogP contribution in [0.4, 0.5) is 0 Å². The number of carbonyl (C=O) groups is 2. The van der Waals surface area contributed by atoms with E-state index < -0.39 is 5.97 Å². The van der Waals surface area contributed by atoms with Gasteiger partial charge in [-0.2, -0.15) is 0 Å². The first-order valence-electron chi connectivity index (χ1n) is 13.2. The zero-order chi connectivity index (χ0) is 26.6. The summed E-state index contributed by atoms with van der Waals surface area (Å²) in [5, 5.41) is 0.752. The van der Waals surface area contributed by atoms with Crippen LogP contribution < -0.4 is 0 Å². The van der Waals surface area contributed by atoms with Gasteiger partial charge in [0.25, 0.3) is 0 Å². The summed E-state index contributed by atoms with van der Waals surface area (Å²) in [5.74, 6) is -0.721. The SMILES string of the molecule is O=C(COC(=O)c1c2c(nc3ccccc13)CCN(Cc1ccccc1)C2)c1ccc(-c2ccccc2)cc1. The van der Waals surface area contributed by atoms with Crippen molar-refractivity contribution in [2.75, 3.05) is 13.2 Å². The molecular formula is C34H28N2O3. The van der Waals surface area contributed by atoms with Crippen LogP contribution in [0.5, 0.6) is 0 Å². The highest BCUT2D eigenvalue weighted by Crippen LogP contribution is 2.29. The lowest BCUT2D eigenvalue weighted by Crippen LogP contribution is -2.32. The number of para-hydroxylation sites is 1. The number of hydrogen-bond donors (Lipinski definition) is 0. The van der Waals surface area contributed by atoms with Gasteiger partial charge in [0.1, 0.15) is 0 Å². The highest BCUT2D eigenvalue weighted by Gasteiger charge is 2.27. The maximum atomic E-state index is 13.5. The number of Topliss-reactive ketones (excluding diaryl/α,β-unsaturated/α-hetero) is 1. The number of esters is 1. The van der Waals surface area contributed by atoms with Crippen LogP contribution >= 0.6 is 0 Å². The molecule has 1 aliphatic heterocycles. The van der Waals surface area contributed by atoms with Crippen LogP contribution in [0.25, 0.3) is 22.0 Å². The van der Waals surface area contributed by atoms with Crippen molar-refractivity contribution >= 4 is 22.7 Å². The molecule has 0 saturated carbocycles. The summed E-state index contributed by atoms with van der Waals surface area (Å²) in [7, 11) is 0. The number of carbonyl (C=O) groups excluding carboxylic acids is 2. The number of aromatic nitrogens is 1. The normalized spacial score (nSPS) is 13.1. The van der Waals surface area contributed by atoms with Crippen molar-refractivity contribution in [1.82, 2.24) is 9.88 Å². The van der Waals surface area contributed by atoms with Gasteiger partial charge in [-0.25, -0.2) is 4.79 Å². The molecule has 0 amide bonds. The van der Waals surface area contributed by atoms with Crippen LogP contribution in [0.2, 0.25) is 0 Å². The summed E-state index contributed by atoms with van der Waals surface area (Å²) < 4.78 is 5.65. The predicted molar refractivity (Wildman–Crippen MR) is 152 cm³/mol. The van der Waals surface area contributed by atoms with Crippen LogP contribution in [-0.2, 0) is 24.2 Å². The van der Waals surface area contributed by atoms with E-state index in [9.17, 15) is 9.59 Å². The largest absolute Gasteiger partial charge is 0.454 e. The molecule has 39 heavy (non-hydrogen) atoms. The molecule has 0 atom stereocenters. The van der Waals surface area contributed by atoms with Gasteiger partial charge in [-0.15, -0.1) is 0 Å². The van der Waals surface area contributed by atoms with E-state index in [0.717, 1.165) is 52.8 Å². The average Bonchev–Trinajstić information content (AvgIpc) is 2.99. The number of ether oxygens (including phenoxy) is 1. The van der Waals surface area contributed by atoms with E-state index in [4.69, 9.17) is 9.72 Å². The van der Waals surface area contributed by atoms with Gasteiger partial charge < -0.3 is 4.74 Å². The van der Waals surface area contributed by atoms with E-state index in [-0.39, 0.29) is 12.4 Å². The Kier molecular flexibility index (Phi) is 6.98. The Morgan fingerprint density at radius 3 is 2.21 bits per heavy atom. The standard InChI is InChI=1S/C34H28N2O3/c37-32(27-17-15-26(16-18-27)25-11-5-2-6-12-25)23-39-34(38)33-28-13-7-8-14-30(28)35-31-19-20-36(22-29(31)33)21-24-9-3-1-4-10-24/h1-18H,19-23H2. The minimum absolute atomic E-state index is 0.235. The monoisotopic (exact) mass is 512 g/mol. The Labute approximate surface area is 227 Å². The third-order valence-corrected chi connectivity index (χ3v) is 7.23. The Balaban J connectivity index is 1.22. The Hall–Kier alpha value is -4.61. The van der Waals surface area contributed by atoms with E-state index in [0.29, 0.717) is 17.7 Å². The van der Waals surface area contributed by atoms with Crippen LogP contribution in [0.3, 0.4) is 0 Å². The molecule has 5 heteroatoms. The number of hydrogen-bond acceptors (Lipinski definition) is 5. The summed E-state index contributed by atoms with van der Waals surface area (Å²) in [6.07, 6.45) is 0.750. The van der Waals surface area contributed by atoms with Gasteiger partial charge in [0.2, 0.25) is 0 Å². The molecule has 192 valence electrons. The van der Waals surface area contributed by atoms with Gasteiger partial charge in [-0.3, -0.25) is 14.7 Å². The fourth-order valence-corrected chi connectivity index (χ4v) is 5.22. The summed E-state index contributed by atoms with van der Waals surface area (Å²) in [4.78, 5) is 33.7. The molecule has 2 heterocycles. The maximum absolute atomic E-state index is 13.5. The fourth-order valence-electron chi connectivity index (χ4n) is 5.22. The van der Waals surface area contributed by atoms with Gasteiger partial charge in [-0.1, -0.05) is 103 Å². The van der Waals surface area contributed by atoms with Crippen LogP contribution in [-0.4, -0.2) is 34.8 Å². The number of ketones is 1. The number of nitrogens with zero attached hydrogens (tertiary/aromatic N) is 2. The summed E-state index contributed by atoms with van der Waals surface area (Å²) >= 11 is 0. The van der Waals surface area contributed by atoms with Gasteiger partial charge in [0.05, 0.1) is 11.1 Å². The molecule has 5 nitrogen and oxygen atoms in total. The molecule has 0 unspecified atom stereocenters. The van der Waals surface area contributed by atoms with Gasteiger partial charge >= 0.3 is 5.97 Å². The minimum Gasteiger partial charge on any atom is -0.454 e. The van der Waals surface area contributed by atoms with Crippen molar-refractivity contribution < 1.29 is 14.3 Å². The maximum Gasteiger partial charge on any atom is 0.339 e. The first-order chi connectivity index (χ1) is 19.2. The molecule has 4 aromatic carbocycles. The van der Waals surface area contributed by atoms with E-state index >= 15 is 0 Å². The minimum atomic E-state index is -0.485. The number of fused-ring (bicyclic) bond motifs is 2. The van der Waals surface area contributed by atoms with Crippen molar-refractivity contribution in [3.63, 3.8) is 0 Å². The lowest BCUT2D eigenvalue weighted by Gasteiger charge is -2.30. The second-order valence-corrected chi connectivity index (χ2v) is 9.82. The molecule has 0 saturated heterocycles. The van der Waals surface area contributed by atoms with E-state index in [1.807, 2.05) is 84.9 Å². The Morgan fingerprint density at radius 1 is 0.769 bits per heavy atom. The van der Waals surface area contributed by atoms with Gasteiger partial charge in [0.15, 0.2) is 12.4 Å². The number of rotatable bonds is 7. The summed E-state index contributed by atoms with van der Waals surface area (Å²) in [6, 6.07) is 35.3. The summed E-state index contributed by atoms with van der Waals surface area (Å²) in [6.45, 7) is 1.93. The zero-order valence-electron chi connectivity index (χ0n) is 21.5. The third-order valence-electron chi connectivity index (χ3n) is 7.23. The van der Waals surface area contributed by atoms with Crippen LogP contribution in [0, 0.1) is 0 Å². The predicted octanol–water partition coefficient (Wildman–Crippen LogP) is 6.50. The molecule has 0 spiro atoms. The molecular weight excluding hydrogens is 484 g/mol. The van der Waals surface area contributed by atoms with Gasteiger partial charge in [-0.05, 0) is 22.8 Å². The third kappa shape index (κ3) is 5.35. The average molecular weight is 513 g/mol. The number of benzene rings is 4.